The molecule has 0 aromatic rings. The van der Waals surface area contributed by atoms with Gasteiger partial charge in [0.2, 0.25) is 9.87 Å². The predicted molar refractivity (Wildman–Crippen MR) is 93.8 cm³/mol. The van der Waals surface area contributed by atoms with E-state index >= 15 is 0 Å². The molecule has 0 saturated carbocycles. The fourth-order valence-corrected chi connectivity index (χ4v) is 4.86. The van der Waals surface area contributed by atoms with Crippen LogP contribution < -0.4 is 0 Å². The number of hydrogen-bond donors (Lipinski definition) is 4. The lowest BCUT2D eigenvalue weighted by Gasteiger charge is -2.43. The molecule has 0 saturated heterocycles. The van der Waals surface area contributed by atoms with Crippen LogP contribution in [0.5, 0.6) is 0 Å². The maximum absolute atomic E-state index is 13.0. The highest BCUT2D eigenvalue weighted by molar-refractivity contribution is 7.87. The van der Waals surface area contributed by atoms with Crippen molar-refractivity contribution in [3.8, 4) is 0 Å². The van der Waals surface area contributed by atoms with E-state index in [-0.39, 0.29) is 0 Å². The summed E-state index contributed by atoms with van der Waals surface area (Å²) in [5, 5.41) is 21.1. The van der Waals surface area contributed by atoms with Gasteiger partial charge >= 0.3 is 0 Å². The van der Waals surface area contributed by atoms with Crippen molar-refractivity contribution >= 4 is 26.0 Å². The molecule has 11 nitrogen and oxygen atoms in total. The summed E-state index contributed by atoms with van der Waals surface area (Å²) in [6.45, 7) is 0. The molecule has 0 amide bonds. The predicted octanol–water partition coefficient (Wildman–Crippen LogP) is -0.984. The van der Waals surface area contributed by atoms with Crippen molar-refractivity contribution in [1.29, 1.82) is 0 Å². The van der Waals surface area contributed by atoms with Gasteiger partial charge in [0.05, 0.1) is 18.3 Å². The molecule has 0 radical (unpaired) electrons. The second-order valence-corrected chi connectivity index (χ2v) is 9.67. The fourth-order valence-electron chi connectivity index (χ4n) is 3.20. The minimum atomic E-state index is -5.33. The van der Waals surface area contributed by atoms with Crippen LogP contribution in [0.15, 0.2) is 36.5 Å². The number of rotatable bonds is 6. The van der Waals surface area contributed by atoms with E-state index in [1.807, 2.05) is 0 Å². The number of hydrogen-bond acceptors (Lipinski definition) is 9. The second-order valence-electron chi connectivity index (χ2n) is 6.40. The lowest BCUT2D eigenvalue weighted by molar-refractivity contribution is -0.202. The maximum atomic E-state index is 13.0. The largest absolute Gasteiger partial charge is 0.371 e. The van der Waals surface area contributed by atoms with Crippen LogP contribution in [0.2, 0.25) is 0 Å². The summed E-state index contributed by atoms with van der Waals surface area (Å²) in [6, 6.07) is 0. The van der Waals surface area contributed by atoms with Gasteiger partial charge in [-0.2, -0.15) is 16.8 Å². The molecule has 4 atom stereocenters. The molecule has 4 N–H and O–H groups in total. The van der Waals surface area contributed by atoms with E-state index in [4.69, 9.17) is 9.47 Å². The molecule has 0 fully saturated rings. The Bertz CT molecular complexity index is 942. The topological polar surface area (TPSA) is 185 Å². The SMILES string of the molecule is COC1(OC)C=CC(C(=O)C2C=CC=CC2(O)S(=O)(=O)O)C(O)(S(=O)(=O)O)C1. The first-order valence-corrected chi connectivity index (χ1v) is 10.6. The lowest BCUT2D eigenvalue weighted by Crippen LogP contribution is -2.59. The summed E-state index contributed by atoms with van der Waals surface area (Å²) >= 11 is 0. The van der Waals surface area contributed by atoms with Crippen molar-refractivity contribution in [2.24, 2.45) is 11.8 Å². The van der Waals surface area contributed by atoms with Gasteiger partial charge in [0.1, 0.15) is 0 Å². The maximum Gasteiger partial charge on any atom is 0.299 e. The van der Waals surface area contributed by atoms with Crippen molar-refractivity contribution in [1.82, 2.24) is 0 Å². The van der Waals surface area contributed by atoms with Gasteiger partial charge in [0, 0.05) is 14.2 Å². The van der Waals surface area contributed by atoms with Gasteiger partial charge in [0.25, 0.3) is 20.2 Å². The minimum absolute atomic E-state index is 0.637. The van der Waals surface area contributed by atoms with E-state index in [0.29, 0.717) is 6.08 Å². The Balaban J connectivity index is 2.62. The smallest absolute Gasteiger partial charge is 0.299 e. The minimum Gasteiger partial charge on any atom is -0.371 e. The van der Waals surface area contributed by atoms with Crippen molar-refractivity contribution in [2.45, 2.75) is 22.1 Å². The van der Waals surface area contributed by atoms with Gasteiger partial charge in [-0.25, -0.2) is 0 Å². The van der Waals surface area contributed by atoms with E-state index in [2.05, 4.69) is 0 Å². The van der Waals surface area contributed by atoms with Crippen LogP contribution in [0.4, 0.5) is 0 Å². The van der Waals surface area contributed by atoms with E-state index in [1.165, 1.54) is 6.08 Å². The number of carbonyl (C=O) groups is 1. The summed E-state index contributed by atoms with van der Waals surface area (Å²) in [5.74, 6) is -7.09. The van der Waals surface area contributed by atoms with E-state index in [9.17, 15) is 40.9 Å². The normalized spacial score (nSPS) is 35.1. The van der Waals surface area contributed by atoms with Crippen LogP contribution in [0.1, 0.15) is 6.42 Å². The average molecular weight is 440 g/mol. The zero-order valence-corrected chi connectivity index (χ0v) is 16.4. The zero-order chi connectivity index (χ0) is 21.6. The number of allylic oxidation sites excluding steroid dienone is 2. The quantitative estimate of drug-likeness (QED) is 0.226. The number of methoxy groups -OCH3 is 2. The van der Waals surface area contributed by atoms with Crippen LogP contribution >= 0.6 is 0 Å². The Morgan fingerprint density at radius 2 is 1.50 bits per heavy atom. The Hall–Kier alpha value is -1.45. The van der Waals surface area contributed by atoms with Crippen LogP contribution in [-0.2, 0) is 34.5 Å². The molecular formula is C15H20O11S2. The molecule has 0 aromatic carbocycles. The van der Waals surface area contributed by atoms with Crippen LogP contribution in [0, 0.1) is 11.8 Å². The van der Waals surface area contributed by atoms with E-state index in [1.54, 1.807) is 0 Å². The summed E-state index contributed by atoms with van der Waals surface area (Å²) in [6.07, 6.45) is 4.85. The monoisotopic (exact) mass is 440 g/mol. The third-order valence-corrected chi connectivity index (χ3v) is 7.40. The second kappa shape index (κ2) is 7.11. The molecular weight excluding hydrogens is 420 g/mol. The number of Topliss-reactive ketones (excluding diaryl/α,β-unsaturated/α-hetero) is 1. The van der Waals surface area contributed by atoms with Crippen molar-refractivity contribution in [2.75, 3.05) is 14.2 Å². The number of carbonyl (C=O) groups excluding carboxylic acids is 1. The molecule has 13 heteroatoms. The first-order chi connectivity index (χ1) is 12.7. The first kappa shape index (κ1) is 22.8. The molecule has 0 heterocycles. The van der Waals surface area contributed by atoms with Gasteiger partial charge in [-0.1, -0.05) is 24.3 Å². The van der Waals surface area contributed by atoms with Crippen LogP contribution in [0.25, 0.3) is 0 Å². The Labute approximate surface area is 161 Å². The number of ether oxygens (including phenoxy) is 2. The van der Waals surface area contributed by atoms with Crippen LogP contribution in [0.3, 0.4) is 0 Å². The summed E-state index contributed by atoms with van der Waals surface area (Å²) in [7, 11) is -8.31. The van der Waals surface area contributed by atoms with Crippen molar-refractivity contribution < 1.29 is 50.4 Å². The van der Waals surface area contributed by atoms with Crippen molar-refractivity contribution in [3.63, 3.8) is 0 Å². The highest BCUT2D eigenvalue weighted by atomic mass is 32.2. The molecule has 0 aromatic heterocycles. The Morgan fingerprint density at radius 1 is 0.929 bits per heavy atom. The summed E-state index contributed by atoms with van der Waals surface area (Å²) < 4.78 is 76.1. The standard InChI is InChI=1S/C15H20O11S2/c1-25-13(26-2)8-6-11(15(18,9-13)28(22,23)24)12(16)10-5-3-4-7-14(10,17)27(19,20)21/h3-8,10-11,17-18H,9H2,1-2H3,(H,19,20,21)(H,22,23,24). The molecule has 4 unspecified atom stereocenters. The van der Waals surface area contributed by atoms with E-state index < -0.39 is 59.9 Å². The highest BCUT2D eigenvalue weighted by Gasteiger charge is 2.61. The molecule has 2 rings (SSSR count). The van der Waals surface area contributed by atoms with Crippen LogP contribution in [-0.4, -0.2) is 71.8 Å². The number of ketones is 1. The molecule has 0 aliphatic heterocycles. The van der Waals surface area contributed by atoms with Gasteiger partial charge in [-0.05, 0) is 12.2 Å². The molecule has 158 valence electrons. The zero-order valence-electron chi connectivity index (χ0n) is 14.8. The van der Waals surface area contributed by atoms with E-state index in [0.717, 1.165) is 38.5 Å². The summed E-state index contributed by atoms with van der Waals surface area (Å²) in [4.78, 5) is 6.72. The third kappa shape index (κ3) is 3.48. The molecule has 0 bridgehead atoms. The molecule has 0 spiro atoms. The molecule has 2 aliphatic rings. The Kier molecular flexibility index (Phi) is 5.80. The Morgan fingerprint density at radius 3 is 1.96 bits per heavy atom. The summed E-state index contributed by atoms with van der Waals surface area (Å²) in [5.41, 5.74) is 0. The fraction of sp³-hybridized carbons (Fsp3) is 0.533. The van der Waals surface area contributed by atoms with Crippen molar-refractivity contribution in [3.05, 3.63) is 36.5 Å². The highest BCUT2D eigenvalue weighted by Crippen LogP contribution is 2.44. The average Bonchev–Trinajstić information content (AvgIpc) is 2.59. The number of aliphatic hydroxyl groups is 2. The molecule has 2 aliphatic carbocycles. The molecule has 28 heavy (non-hydrogen) atoms. The van der Waals surface area contributed by atoms with Gasteiger partial charge in [-0.3, -0.25) is 13.9 Å². The lowest BCUT2D eigenvalue weighted by atomic mass is 9.78. The van der Waals surface area contributed by atoms with Gasteiger partial charge < -0.3 is 19.7 Å². The first-order valence-electron chi connectivity index (χ1n) is 7.76. The van der Waals surface area contributed by atoms with Gasteiger partial charge in [-0.15, -0.1) is 0 Å². The third-order valence-electron chi connectivity index (χ3n) is 4.89. The van der Waals surface area contributed by atoms with Gasteiger partial charge in [0.15, 0.2) is 11.6 Å².